The van der Waals surface area contributed by atoms with E-state index in [0.717, 1.165) is 42.4 Å². The van der Waals surface area contributed by atoms with Crippen LogP contribution >= 0.6 is 0 Å². The molecule has 0 N–H and O–H groups in total. The molecule has 45 heavy (non-hydrogen) atoms. The van der Waals surface area contributed by atoms with Crippen molar-refractivity contribution < 1.29 is 26.6 Å². The van der Waals surface area contributed by atoms with Crippen LogP contribution < -0.4 is 0 Å². The SMILES string of the molecule is C=S(=O)(c1cn(C)nn1)N(C1CC1)[C@H]1CCC2=Cc3c(cnn3-c3ccc(F)cc3)C[C@]2(C(=O)c2cc(C(F)(F)F)ccn2)C1. The molecule has 9 nitrogen and oxygen atoms in total. The predicted molar refractivity (Wildman–Crippen MR) is 158 cm³/mol. The van der Waals surface area contributed by atoms with Crippen molar-refractivity contribution in [3.63, 3.8) is 0 Å². The summed E-state index contributed by atoms with van der Waals surface area (Å²) in [6, 6.07) is 7.09. The number of aromatic nitrogens is 6. The molecule has 3 aliphatic rings. The summed E-state index contributed by atoms with van der Waals surface area (Å²) in [6.07, 6.45) is 4.35. The largest absolute Gasteiger partial charge is 0.416 e. The quantitative estimate of drug-likeness (QED) is 0.159. The molecule has 2 saturated carbocycles. The summed E-state index contributed by atoms with van der Waals surface area (Å²) in [4.78, 5) is 18.7. The first-order valence-electron chi connectivity index (χ1n) is 14.5. The number of carbonyl (C=O) groups is 1. The Labute approximate surface area is 256 Å². The molecule has 1 aromatic carbocycles. The summed E-state index contributed by atoms with van der Waals surface area (Å²) in [7, 11) is -1.42. The lowest BCUT2D eigenvalue weighted by Crippen LogP contribution is -2.51. The lowest BCUT2D eigenvalue weighted by Gasteiger charge is -2.47. The van der Waals surface area contributed by atoms with Crippen LogP contribution in [0, 0.1) is 11.2 Å². The average Bonchev–Trinajstić information content (AvgIpc) is 3.59. The Balaban J connectivity index is 1.33. The van der Waals surface area contributed by atoms with Gasteiger partial charge in [-0.3, -0.25) is 14.5 Å². The second-order valence-corrected chi connectivity index (χ2v) is 14.1. The summed E-state index contributed by atoms with van der Waals surface area (Å²) in [5, 5.41) is 12.8. The third-order valence-corrected chi connectivity index (χ3v) is 11.1. The number of nitrogens with zero attached hydrogens (tertiary/aromatic N) is 7. The number of aryl methyl sites for hydroxylation is 1. The van der Waals surface area contributed by atoms with Gasteiger partial charge in [-0.05, 0) is 92.4 Å². The summed E-state index contributed by atoms with van der Waals surface area (Å²) < 4.78 is 74.1. The molecule has 0 bridgehead atoms. The van der Waals surface area contributed by atoms with Gasteiger partial charge in [0.1, 0.15) is 11.5 Å². The fraction of sp³-hybridized carbons (Fsp3) is 0.355. The fourth-order valence-corrected chi connectivity index (χ4v) is 8.81. The van der Waals surface area contributed by atoms with Gasteiger partial charge in [0.15, 0.2) is 10.8 Å². The maximum Gasteiger partial charge on any atom is 0.416 e. The second kappa shape index (κ2) is 10.4. The summed E-state index contributed by atoms with van der Waals surface area (Å²) in [6.45, 7) is 0. The molecular weight excluding hydrogens is 610 g/mol. The van der Waals surface area contributed by atoms with Gasteiger partial charge in [0.25, 0.3) is 0 Å². The summed E-state index contributed by atoms with van der Waals surface area (Å²) in [5.41, 5.74) is 0.287. The first-order valence-corrected chi connectivity index (χ1v) is 16.2. The van der Waals surface area contributed by atoms with E-state index in [1.165, 1.54) is 16.8 Å². The highest BCUT2D eigenvalue weighted by atomic mass is 32.2. The third-order valence-electron chi connectivity index (χ3n) is 8.98. The molecule has 3 aromatic heterocycles. The molecule has 7 rings (SSSR count). The van der Waals surface area contributed by atoms with Gasteiger partial charge < -0.3 is 0 Å². The second-order valence-electron chi connectivity index (χ2n) is 12.0. The van der Waals surface area contributed by atoms with Gasteiger partial charge in [-0.1, -0.05) is 10.8 Å². The lowest BCUT2D eigenvalue weighted by atomic mass is 9.60. The predicted octanol–water partition coefficient (Wildman–Crippen LogP) is 5.07. The van der Waals surface area contributed by atoms with Crippen molar-refractivity contribution in [3.8, 4) is 5.69 Å². The molecule has 3 aliphatic carbocycles. The first-order chi connectivity index (χ1) is 21.4. The Bertz CT molecular complexity index is 1940. The number of halogens is 4. The molecule has 1 unspecified atom stereocenters. The van der Waals surface area contributed by atoms with Crippen LogP contribution in [-0.2, 0) is 29.4 Å². The van der Waals surface area contributed by atoms with Gasteiger partial charge in [-0.15, -0.1) is 5.10 Å². The first kappa shape index (κ1) is 29.5. The minimum Gasteiger partial charge on any atom is -0.291 e. The number of benzene rings is 1. The van der Waals surface area contributed by atoms with Gasteiger partial charge in [0.2, 0.25) is 0 Å². The molecule has 2 fully saturated rings. The van der Waals surface area contributed by atoms with Gasteiger partial charge >= 0.3 is 6.18 Å². The van der Waals surface area contributed by atoms with Gasteiger partial charge in [-0.25, -0.2) is 17.6 Å². The highest BCUT2D eigenvalue weighted by Gasteiger charge is 2.53. The summed E-state index contributed by atoms with van der Waals surface area (Å²) >= 11 is 0. The van der Waals surface area contributed by atoms with Crippen molar-refractivity contribution in [3.05, 3.63) is 88.9 Å². The maximum atomic E-state index is 14.6. The number of carbonyl (C=O) groups excluding carboxylic acids is 1. The molecule has 0 amide bonds. The van der Waals surface area contributed by atoms with Crippen molar-refractivity contribution in [1.82, 2.24) is 34.1 Å². The minimum absolute atomic E-state index is 0.0354. The molecule has 0 saturated heterocycles. The normalized spacial score (nSPS) is 22.8. The number of pyridine rings is 1. The van der Waals surface area contributed by atoms with E-state index in [9.17, 15) is 26.6 Å². The van der Waals surface area contributed by atoms with Gasteiger partial charge in [0, 0.05) is 25.3 Å². The van der Waals surface area contributed by atoms with E-state index in [0.29, 0.717) is 24.1 Å². The number of alkyl halides is 3. The summed E-state index contributed by atoms with van der Waals surface area (Å²) in [5.74, 6) is 3.18. The van der Waals surface area contributed by atoms with E-state index in [1.54, 1.807) is 36.3 Å². The highest BCUT2D eigenvalue weighted by molar-refractivity contribution is 7.98. The standard InChI is InChI=1S/C31H29F4N7O2S/c1-40-18-28(38-39-40)45(2,44)42(24-9-10-24)25-6-3-20-14-27-19(17-37-41(27)23-7-4-22(32)5-8-23)15-30(20,16-25)29(43)26-13-21(11-12-36-26)31(33,34)35/h4-5,7-8,11-14,17-18,24-25H,2-3,6,9-10,15-16H2,1H3/t25-,30-,45?/m0/s1. The van der Waals surface area contributed by atoms with E-state index in [1.807, 2.05) is 10.4 Å². The van der Waals surface area contributed by atoms with Crippen LogP contribution in [0.4, 0.5) is 17.6 Å². The molecule has 234 valence electrons. The number of Topliss-reactive ketones (excluding diaryl/α,β-unsaturated/α-hetero) is 1. The van der Waals surface area contributed by atoms with Crippen molar-refractivity contribution in [2.75, 3.05) is 0 Å². The minimum atomic E-state index is -4.65. The smallest absolute Gasteiger partial charge is 0.291 e. The number of fused-ring (bicyclic) bond motifs is 2. The van der Waals surface area contributed by atoms with Crippen LogP contribution in [0.25, 0.3) is 11.8 Å². The Morgan fingerprint density at radius 2 is 1.89 bits per heavy atom. The molecular formula is C31H29F4N7O2S. The Hall–Kier alpha value is -4.17. The topological polar surface area (TPSA) is 98.8 Å². The van der Waals surface area contributed by atoms with Crippen LogP contribution in [0.2, 0.25) is 0 Å². The molecule has 4 aromatic rings. The van der Waals surface area contributed by atoms with Crippen LogP contribution in [-0.4, -0.2) is 62.0 Å². The van der Waals surface area contributed by atoms with E-state index in [-0.39, 0.29) is 35.6 Å². The van der Waals surface area contributed by atoms with Crippen molar-refractivity contribution in [2.24, 2.45) is 12.5 Å². The van der Waals surface area contributed by atoms with E-state index < -0.39 is 38.5 Å². The van der Waals surface area contributed by atoms with Gasteiger partial charge in [-0.2, -0.15) is 18.3 Å². The molecule has 0 radical (unpaired) electrons. The molecule has 14 heteroatoms. The Morgan fingerprint density at radius 1 is 1.13 bits per heavy atom. The van der Waals surface area contributed by atoms with Crippen LogP contribution in [0.15, 0.2) is 65.6 Å². The maximum absolute atomic E-state index is 14.6. The van der Waals surface area contributed by atoms with E-state index in [2.05, 4.69) is 26.3 Å². The zero-order valence-corrected chi connectivity index (χ0v) is 25.1. The molecule has 0 spiro atoms. The Kier molecular flexibility index (Phi) is 6.85. The lowest BCUT2D eigenvalue weighted by molar-refractivity contribution is -0.137. The van der Waals surface area contributed by atoms with Crippen LogP contribution in [0.5, 0.6) is 0 Å². The number of hydrogen-bond donors (Lipinski definition) is 0. The molecule has 0 aliphatic heterocycles. The number of allylic oxidation sites excluding steroid dienone is 1. The average molecular weight is 640 g/mol. The number of hydrogen-bond acceptors (Lipinski definition) is 6. The zero-order chi connectivity index (χ0) is 31.7. The fourth-order valence-electron chi connectivity index (χ4n) is 6.75. The highest BCUT2D eigenvalue weighted by Crippen LogP contribution is 2.52. The van der Waals surface area contributed by atoms with Crippen molar-refractivity contribution >= 4 is 27.4 Å². The van der Waals surface area contributed by atoms with E-state index in [4.69, 9.17) is 0 Å². The number of ketones is 1. The van der Waals surface area contributed by atoms with Crippen LogP contribution in [0.1, 0.15) is 59.4 Å². The third kappa shape index (κ3) is 5.09. The van der Waals surface area contributed by atoms with Crippen LogP contribution in [0.3, 0.4) is 0 Å². The van der Waals surface area contributed by atoms with Gasteiger partial charge in [0.05, 0.1) is 44.5 Å². The van der Waals surface area contributed by atoms with Crippen molar-refractivity contribution in [1.29, 1.82) is 0 Å². The number of rotatable bonds is 7. The van der Waals surface area contributed by atoms with E-state index >= 15 is 0 Å². The monoisotopic (exact) mass is 639 g/mol. The molecule has 3 heterocycles. The van der Waals surface area contributed by atoms with Crippen molar-refractivity contribution in [2.45, 2.75) is 61.8 Å². The Morgan fingerprint density at radius 3 is 2.56 bits per heavy atom. The molecule has 3 atom stereocenters. The zero-order valence-electron chi connectivity index (χ0n) is 24.2.